The van der Waals surface area contributed by atoms with Gasteiger partial charge < -0.3 is 0 Å². The first-order valence-corrected chi connectivity index (χ1v) is 7.25. The molecule has 0 aliphatic rings. The van der Waals surface area contributed by atoms with Crippen LogP contribution in [0.2, 0.25) is 5.02 Å². The maximum Gasteiger partial charge on any atom is 0.209 e. The van der Waals surface area contributed by atoms with E-state index in [0.29, 0.717) is 16.7 Å². The number of halogens is 2. The second kappa shape index (κ2) is 6.34. The molecular formula is C12H14ClFN4S. The third-order valence-electron chi connectivity index (χ3n) is 2.41. The van der Waals surface area contributed by atoms with E-state index in [1.54, 1.807) is 10.7 Å². The highest BCUT2D eigenvalue weighted by molar-refractivity contribution is 7.98. The summed E-state index contributed by atoms with van der Waals surface area (Å²) in [7, 11) is 0. The lowest BCUT2D eigenvalue weighted by Gasteiger charge is -2.07. The first-order valence-electron chi connectivity index (χ1n) is 5.89. The summed E-state index contributed by atoms with van der Waals surface area (Å²) in [5.41, 5.74) is 0.868. The van der Waals surface area contributed by atoms with Gasteiger partial charge in [0.25, 0.3) is 0 Å². The number of hydrogen-bond acceptors (Lipinski definition) is 4. The van der Waals surface area contributed by atoms with Crippen molar-refractivity contribution < 1.29 is 4.39 Å². The zero-order valence-corrected chi connectivity index (χ0v) is 12.2. The quantitative estimate of drug-likeness (QED) is 0.794. The number of hydrogen-bond donors (Lipinski definition) is 0. The minimum Gasteiger partial charge on any atom is -0.220 e. The molecule has 2 aromatic rings. The smallest absolute Gasteiger partial charge is 0.209 e. The van der Waals surface area contributed by atoms with E-state index in [1.165, 1.54) is 23.9 Å². The normalized spacial score (nSPS) is 11.2. The Hall–Kier alpha value is -1.14. The zero-order chi connectivity index (χ0) is 13.8. The summed E-state index contributed by atoms with van der Waals surface area (Å²) in [6, 6.07) is 4.40. The topological polar surface area (TPSA) is 43.6 Å². The van der Waals surface area contributed by atoms with Gasteiger partial charge in [-0.25, -0.2) is 9.07 Å². The van der Waals surface area contributed by atoms with Gasteiger partial charge >= 0.3 is 0 Å². The lowest BCUT2D eigenvalue weighted by molar-refractivity contribution is 0.446. The summed E-state index contributed by atoms with van der Waals surface area (Å²) in [4.78, 5) is 0. The van der Waals surface area contributed by atoms with Gasteiger partial charge in [-0.1, -0.05) is 43.3 Å². The van der Waals surface area contributed by atoms with E-state index in [1.807, 2.05) is 0 Å². The molecule has 0 aliphatic heterocycles. The predicted octanol–water partition coefficient (Wildman–Crippen LogP) is 3.41. The Bertz CT molecular complexity index is 558. The molecule has 0 fully saturated rings. The van der Waals surface area contributed by atoms with Crippen molar-refractivity contribution >= 4 is 23.4 Å². The van der Waals surface area contributed by atoms with Crippen molar-refractivity contribution in [1.29, 1.82) is 0 Å². The van der Waals surface area contributed by atoms with Gasteiger partial charge in [0.15, 0.2) is 0 Å². The third kappa shape index (κ3) is 3.91. The molecule has 0 radical (unpaired) electrons. The molecule has 0 N–H and O–H groups in total. The van der Waals surface area contributed by atoms with Crippen molar-refractivity contribution in [2.75, 3.05) is 0 Å². The molecule has 0 aliphatic carbocycles. The molecule has 1 aromatic carbocycles. The predicted molar refractivity (Wildman–Crippen MR) is 73.6 cm³/mol. The summed E-state index contributed by atoms with van der Waals surface area (Å²) < 4.78 is 14.7. The summed E-state index contributed by atoms with van der Waals surface area (Å²) in [5, 5.41) is 12.8. The van der Waals surface area contributed by atoms with Crippen molar-refractivity contribution in [2.24, 2.45) is 5.92 Å². The molecule has 0 amide bonds. The van der Waals surface area contributed by atoms with Gasteiger partial charge in [-0.3, -0.25) is 0 Å². The number of tetrazole rings is 1. The van der Waals surface area contributed by atoms with Gasteiger partial charge in [-0.15, -0.1) is 5.10 Å². The van der Waals surface area contributed by atoms with Crippen LogP contribution in [-0.2, 0) is 12.3 Å². The lowest BCUT2D eigenvalue weighted by atomic mass is 10.2. The molecule has 19 heavy (non-hydrogen) atoms. The van der Waals surface area contributed by atoms with Crippen molar-refractivity contribution in [2.45, 2.75) is 31.3 Å². The molecule has 4 nitrogen and oxygen atoms in total. The largest absolute Gasteiger partial charge is 0.220 e. The Morgan fingerprint density at radius 3 is 2.89 bits per heavy atom. The molecule has 1 aromatic heterocycles. The first kappa shape index (κ1) is 14.3. The highest BCUT2D eigenvalue weighted by atomic mass is 35.5. The van der Waals surface area contributed by atoms with Gasteiger partial charge in [0.1, 0.15) is 5.82 Å². The van der Waals surface area contributed by atoms with E-state index in [-0.39, 0.29) is 5.82 Å². The molecule has 0 saturated heterocycles. The first-order chi connectivity index (χ1) is 9.06. The minimum absolute atomic E-state index is 0.330. The Morgan fingerprint density at radius 1 is 1.42 bits per heavy atom. The third-order valence-corrected chi connectivity index (χ3v) is 3.77. The van der Waals surface area contributed by atoms with E-state index in [9.17, 15) is 4.39 Å². The van der Waals surface area contributed by atoms with Gasteiger partial charge in [-0.05, 0) is 34.0 Å². The molecule has 2 rings (SSSR count). The van der Waals surface area contributed by atoms with E-state index < -0.39 is 0 Å². The highest BCUT2D eigenvalue weighted by Crippen LogP contribution is 2.25. The Morgan fingerprint density at radius 2 is 2.21 bits per heavy atom. The number of nitrogens with zero attached hydrogens (tertiary/aromatic N) is 4. The minimum atomic E-state index is -0.330. The number of benzene rings is 1. The van der Waals surface area contributed by atoms with Crippen LogP contribution >= 0.6 is 23.4 Å². The Balaban J connectivity index is 2.04. The van der Waals surface area contributed by atoms with Gasteiger partial charge in [0.05, 0.1) is 0 Å². The van der Waals surface area contributed by atoms with Crippen LogP contribution in [0.4, 0.5) is 4.39 Å². The average molecular weight is 301 g/mol. The van der Waals surface area contributed by atoms with E-state index >= 15 is 0 Å². The lowest BCUT2D eigenvalue weighted by Crippen LogP contribution is -2.07. The van der Waals surface area contributed by atoms with Gasteiger partial charge in [0.2, 0.25) is 5.16 Å². The molecule has 0 unspecified atom stereocenters. The van der Waals surface area contributed by atoms with Crippen molar-refractivity contribution in [3.63, 3.8) is 0 Å². The van der Waals surface area contributed by atoms with Crippen LogP contribution in [0, 0.1) is 11.7 Å². The standard InChI is InChI=1S/C12H14ClFN4S/c1-8(2)6-18-12(15-16-17-18)19-7-9-3-4-10(14)5-11(9)13/h3-5,8H,6-7H2,1-2H3. The molecule has 7 heteroatoms. The van der Waals surface area contributed by atoms with Gasteiger partial charge in [-0.2, -0.15) is 0 Å². The Labute approximate surface area is 120 Å². The van der Waals surface area contributed by atoms with Crippen LogP contribution in [0.1, 0.15) is 19.4 Å². The second-order valence-corrected chi connectivity index (χ2v) is 5.91. The van der Waals surface area contributed by atoms with Crippen LogP contribution in [0.25, 0.3) is 0 Å². The fourth-order valence-electron chi connectivity index (χ4n) is 1.54. The molecular weight excluding hydrogens is 287 g/mol. The zero-order valence-electron chi connectivity index (χ0n) is 10.7. The molecule has 1 heterocycles. The van der Waals surface area contributed by atoms with Crippen molar-refractivity contribution in [3.05, 3.63) is 34.6 Å². The summed E-state index contributed by atoms with van der Waals surface area (Å²) in [6.07, 6.45) is 0. The Kier molecular flexibility index (Phi) is 4.76. The van der Waals surface area contributed by atoms with Gasteiger partial charge in [0, 0.05) is 17.3 Å². The fourth-order valence-corrected chi connectivity index (χ4v) is 2.75. The van der Waals surface area contributed by atoms with E-state index in [2.05, 4.69) is 29.4 Å². The maximum absolute atomic E-state index is 12.9. The molecule has 0 atom stereocenters. The van der Waals surface area contributed by atoms with Crippen LogP contribution < -0.4 is 0 Å². The number of aromatic nitrogens is 4. The average Bonchev–Trinajstić information content (AvgIpc) is 2.74. The molecule has 0 saturated carbocycles. The summed E-state index contributed by atoms with van der Waals surface area (Å²) in [5.74, 6) is 0.748. The second-order valence-electron chi connectivity index (χ2n) is 4.56. The molecule has 0 bridgehead atoms. The van der Waals surface area contributed by atoms with E-state index in [0.717, 1.165) is 17.3 Å². The van der Waals surface area contributed by atoms with E-state index in [4.69, 9.17) is 11.6 Å². The summed E-state index contributed by atoms with van der Waals surface area (Å²) >= 11 is 7.47. The SMILES string of the molecule is CC(C)Cn1nnnc1SCc1ccc(F)cc1Cl. The highest BCUT2D eigenvalue weighted by Gasteiger charge is 2.10. The fraction of sp³-hybridized carbons (Fsp3) is 0.417. The van der Waals surface area contributed by atoms with Crippen molar-refractivity contribution in [1.82, 2.24) is 20.2 Å². The van der Waals surface area contributed by atoms with Crippen LogP contribution in [-0.4, -0.2) is 20.2 Å². The molecule has 102 valence electrons. The van der Waals surface area contributed by atoms with Crippen LogP contribution in [0.15, 0.2) is 23.4 Å². The van der Waals surface area contributed by atoms with Crippen LogP contribution in [0.3, 0.4) is 0 Å². The monoisotopic (exact) mass is 300 g/mol. The number of thioether (sulfide) groups is 1. The summed E-state index contributed by atoms with van der Waals surface area (Å²) in [6.45, 7) is 4.98. The maximum atomic E-state index is 12.9. The molecule has 0 spiro atoms. The number of rotatable bonds is 5. The van der Waals surface area contributed by atoms with Crippen molar-refractivity contribution in [3.8, 4) is 0 Å². The van der Waals surface area contributed by atoms with Crippen LogP contribution in [0.5, 0.6) is 0 Å².